The van der Waals surface area contributed by atoms with Crippen molar-refractivity contribution in [3.63, 3.8) is 0 Å². The molecule has 174 valence electrons. The number of piperidine rings is 1. The summed E-state index contributed by atoms with van der Waals surface area (Å²) in [6.45, 7) is 3.78. The van der Waals surface area contributed by atoms with Crippen molar-refractivity contribution in [2.75, 3.05) is 18.4 Å². The van der Waals surface area contributed by atoms with Gasteiger partial charge in [-0.1, -0.05) is 23.4 Å². The van der Waals surface area contributed by atoms with E-state index in [1.54, 1.807) is 25.1 Å². The maximum atomic E-state index is 13.9. The maximum absolute atomic E-state index is 13.9. The van der Waals surface area contributed by atoms with Crippen LogP contribution in [0.3, 0.4) is 0 Å². The van der Waals surface area contributed by atoms with Gasteiger partial charge in [-0.05, 0) is 44.9 Å². The first-order valence-corrected chi connectivity index (χ1v) is 12.7. The number of hydrogen-bond donors (Lipinski definition) is 1. The summed E-state index contributed by atoms with van der Waals surface area (Å²) in [5, 5.41) is 9.01. The molecule has 3 aromatic rings. The van der Waals surface area contributed by atoms with E-state index in [1.165, 1.54) is 33.9 Å². The Balaban J connectivity index is 1.47. The Morgan fingerprint density at radius 2 is 1.97 bits per heavy atom. The highest BCUT2D eigenvalue weighted by Crippen LogP contribution is 2.30. The Morgan fingerprint density at radius 1 is 1.24 bits per heavy atom. The first-order valence-electron chi connectivity index (χ1n) is 10.4. The van der Waals surface area contributed by atoms with Gasteiger partial charge in [0.15, 0.2) is 15.8 Å². The third-order valence-corrected chi connectivity index (χ3v) is 8.36. The highest BCUT2D eigenvalue weighted by Gasteiger charge is 2.36. The summed E-state index contributed by atoms with van der Waals surface area (Å²) in [4.78, 5) is 16.7. The number of carbonyl (C=O) groups excluding carboxylic acids is 1. The quantitative estimate of drug-likeness (QED) is 0.558. The van der Waals surface area contributed by atoms with Crippen LogP contribution in [0.15, 0.2) is 39.1 Å². The summed E-state index contributed by atoms with van der Waals surface area (Å²) >= 11 is 1.36. The van der Waals surface area contributed by atoms with Gasteiger partial charge < -0.3 is 9.84 Å². The summed E-state index contributed by atoms with van der Waals surface area (Å²) < 4.78 is 47.2. The van der Waals surface area contributed by atoms with Crippen LogP contribution in [-0.2, 0) is 14.8 Å². The van der Waals surface area contributed by atoms with Gasteiger partial charge in [0.2, 0.25) is 15.9 Å². The van der Waals surface area contributed by atoms with E-state index in [-0.39, 0.29) is 41.3 Å². The van der Waals surface area contributed by atoms with Crippen molar-refractivity contribution in [1.82, 2.24) is 14.4 Å². The van der Waals surface area contributed by atoms with E-state index in [0.29, 0.717) is 23.5 Å². The molecule has 0 unspecified atom stereocenters. The smallest absolute Gasteiger partial charge is 0.248 e. The summed E-state index contributed by atoms with van der Waals surface area (Å²) in [6.07, 6.45) is 3.63. The molecule has 0 aliphatic carbocycles. The van der Waals surface area contributed by atoms with E-state index < -0.39 is 15.8 Å². The zero-order chi connectivity index (χ0) is 23.6. The number of sulfonamides is 1. The molecule has 0 spiro atoms. The van der Waals surface area contributed by atoms with E-state index >= 15 is 0 Å². The topological polar surface area (TPSA) is 105 Å². The Bertz CT molecular complexity index is 1290. The van der Waals surface area contributed by atoms with Gasteiger partial charge in [-0.2, -0.15) is 4.31 Å². The summed E-state index contributed by atoms with van der Waals surface area (Å²) in [6, 6.07) is 6.15. The van der Waals surface area contributed by atoms with Crippen LogP contribution < -0.4 is 5.32 Å². The van der Waals surface area contributed by atoms with Crippen LogP contribution in [0, 0.1) is 25.6 Å². The number of nitrogens with zero attached hydrogens (tertiary/aromatic N) is 3. The van der Waals surface area contributed by atoms with Crippen molar-refractivity contribution >= 4 is 44.6 Å². The van der Waals surface area contributed by atoms with Crippen molar-refractivity contribution in [3.05, 3.63) is 58.2 Å². The molecule has 3 heterocycles. The zero-order valence-electron chi connectivity index (χ0n) is 18.1. The summed E-state index contributed by atoms with van der Waals surface area (Å²) in [5.74, 6) is -0.849. The monoisotopic (exact) mass is 490 g/mol. The highest BCUT2D eigenvalue weighted by molar-refractivity contribution is 7.89. The number of aryl methyl sites for hydroxylation is 2. The number of halogens is 1. The van der Waals surface area contributed by atoms with Crippen molar-refractivity contribution in [2.24, 2.45) is 5.92 Å². The number of nitrogens with one attached hydrogen (secondary N) is 1. The largest absolute Gasteiger partial charge is 0.355 e. The van der Waals surface area contributed by atoms with Crippen LogP contribution in [0.5, 0.6) is 0 Å². The molecule has 1 amide bonds. The number of benzene rings is 1. The van der Waals surface area contributed by atoms with Gasteiger partial charge >= 0.3 is 0 Å². The number of amides is 1. The Hall–Kier alpha value is -2.89. The number of thiazole rings is 1. The van der Waals surface area contributed by atoms with Gasteiger partial charge in [0.25, 0.3) is 0 Å². The van der Waals surface area contributed by atoms with E-state index in [4.69, 9.17) is 4.52 Å². The van der Waals surface area contributed by atoms with Crippen LogP contribution in [-0.4, -0.2) is 41.9 Å². The number of carbonyl (C=O) groups is 1. The van der Waals surface area contributed by atoms with Gasteiger partial charge in [0.05, 0.1) is 5.69 Å². The van der Waals surface area contributed by atoms with Crippen LogP contribution in [0.1, 0.15) is 35.6 Å². The fraction of sp³-hybridized carbons (Fsp3) is 0.318. The van der Waals surface area contributed by atoms with E-state index in [9.17, 15) is 17.6 Å². The van der Waals surface area contributed by atoms with Gasteiger partial charge in [-0.15, -0.1) is 11.3 Å². The molecular weight excluding hydrogens is 467 g/mol. The molecule has 4 rings (SSSR count). The Labute approximate surface area is 195 Å². The molecule has 2 aromatic heterocycles. The SMILES string of the molecule is Cc1csc(NC(=O)C2CCN(S(=O)(=O)c3c(C)noc3/C=C/c3ccccc3F)CC2)n1. The lowest BCUT2D eigenvalue weighted by molar-refractivity contribution is -0.120. The van der Waals surface area contributed by atoms with Gasteiger partial charge in [-0.25, -0.2) is 17.8 Å². The van der Waals surface area contributed by atoms with Crippen molar-refractivity contribution < 1.29 is 22.1 Å². The van der Waals surface area contributed by atoms with Crippen LogP contribution in [0.25, 0.3) is 12.2 Å². The van der Waals surface area contributed by atoms with Gasteiger partial charge in [-0.3, -0.25) is 4.79 Å². The molecule has 11 heteroatoms. The predicted octanol–water partition coefficient (Wildman–Crippen LogP) is 4.10. The van der Waals surface area contributed by atoms with Crippen LogP contribution >= 0.6 is 11.3 Å². The van der Waals surface area contributed by atoms with Gasteiger partial charge in [0.1, 0.15) is 11.5 Å². The standard InChI is InChI=1S/C22H23FN4O4S2/c1-14-13-32-22(24-14)25-21(28)17-9-11-27(12-10-17)33(29,30)20-15(2)26-31-19(20)8-7-16-5-3-4-6-18(16)23/h3-8,13,17H,9-12H2,1-2H3,(H,24,25,28)/b8-7+. The van der Waals surface area contributed by atoms with E-state index in [1.807, 2.05) is 12.3 Å². The normalized spacial score (nSPS) is 15.8. The average molecular weight is 491 g/mol. The van der Waals surface area contributed by atoms with E-state index in [2.05, 4.69) is 15.5 Å². The Morgan fingerprint density at radius 3 is 2.64 bits per heavy atom. The van der Waals surface area contributed by atoms with Crippen molar-refractivity contribution in [2.45, 2.75) is 31.6 Å². The molecule has 8 nitrogen and oxygen atoms in total. The average Bonchev–Trinajstić information content (AvgIpc) is 3.38. The minimum absolute atomic E-state index is 0.0368. The first kappa shape index (κ1) is 23.3. The minimum atomic E-state index is -3.91. The van der Waals surface area contributed by atoms with Crippen molar-refractivity contribution in [3.8, 4) is 0 Å². The van der Waals surface area contributed by atoms with Gasteiger partial charge in [0, 0.05) is 30.0 Å². The molecule has 1 fully saturated rings. The summed E-state index contributed by atoms with van der Waals surface area (Å²) in [5.41, 5.74) is 1.36. The maximum Gasteiger partial charge on any atom is 0.248 e. The summed E-state index contributed by atoms with van der Waals surface area (Å²) in [7, 11) is -3.91. The molecule has 1 aromatic carbocycles. The molecule has 1 N–H and O–H groups in total. The molecule has 0 saturated carbocycles. The lowest BCUT2D eigenvalue weighted by Gasteiger charge is -2.30. The molecule has 1 saturated heterocycles. The molecular formula is C22H23FN4O4S2. The molecule has 33 heavy (non-hydrogen) atoms. The first-order chi connectivity index (χ1) is 15.8. The van der Waals surface area contributed by atoms with E-state index in [0.717, 1.165) is 5.69 Å². The Kier molecular flexibility index (Phi) is 6.73. The lowest BCUT2D eigenvalue weighted by atomic mass is 9.97. The fourth-order valence-electron chi connectivity index (χ4n) is 3.68. The molecule has 1 aliphatic heterocycles. The van der Waals surface area contributed by atoms with Crippen LogP contribution in [0.2, 0.25) is 0 Å². The molecule has 1 aliphatic rings. The third-order valence-electron chi connectivity index (χ3n) is 5.42. The zero-order valence-corrected chi connectivity index (χ0v) is 19.7. The second-order valence-electron chi connectivity index (χ2n) is 7.78. The molecule has 0 radical (unpaired) electrons. The number of aromatic nitrogens is 2. The molecule has 0 bridgehead atoms. The second-order valence-corrected chi connectivity index (χ2v) is 10.5. The lowest BCUT2D eigenvalue weighted by Crippen LogP contribution is -2.41. The molecule has 0 atom stereocenters. The number of rotatable bonds is 6. The predicted molar refractivity (Wildman–Crippen MR) is 124 cm³/mol. The van der Waals surface area contributed by atoms with Crippen molar-refractivity contribution in [1.29, 1.82) is 0 Å². The van der Waals surface area contributed by atoms with Crippen LogP contribution in [0.4, 0.5) is 9.52 Å². The third kappa shape index (κ3) is 5.05. The second kappa shape index (κ2) is 9.54. The highest BCUT2D eigenvalue weighted by atomic mass is 32.2. The minimum Gasteiger partial charge on any atom is -0.355 e. The number of anilines is 1. The number of hydrogen-bond acceptors (Lipinski definition) is 7. The fourth-order valence-corrected chi connectivity index (χ4v) is 6.09.